The van der Waals surface area contributed by atoms with Crippen molar-refractivity contribution in [3.63, 3.8) is 0 Å². The zero-order valence-electron chi connectivity index (χ0n) is 11.6. The van der Waals surface area contributed by atoms with Crippen molar-refractivity contribution in [1.82, 2.24) is 4.98 Å². The molecule has 0 amide bonds. The average Bonchev–Trinajstić information content (AvgIpc) is 2.31. The van der Waals surface area contributed by atoms with Crippen molar-refractivity contribution in [2.75, 3.05) is 10.5 Å². The topological polar surface area (TPSA) is 85.1 Å². The van der Waals surface area contributed by atoms with E-state index in [0.717, 1.165) is 11.3 Å². The summed E-state index contributed by atoms with van der Waals surface area (Å²) in [5.74, 6) is 0. The highest BCUT2D eigenvalue weighted by Gasteiger charge is 2.16. The van der Waals surface area contributed by atoms with Gasteiger partial charge in [-0.1, -0.05) is 0 Å². The third kappa shape index (κ3) is 3.08. The van der Waals surface area contributed by atoms with Crippen LogP contribution in [0.1, 0.15) is 17.0 Å². The molecule has 0 unspecified atom stereocenters. The molecule has 2 aromatic rings. The molecule has 0 aliphatic carbocycles. The summed E-state index contributed by atoms with van der Waals surface area (Å²) in [6, 6.07) is 8.20. The molecule has 0 radical (unpaired) electrons. The standard InChI is InChI=1S/C14H17N3O2S/c1-9-6-12(15)8-13(7-9)20(18,19)17-14-5-4-10(2)16-11(14)3/h4-8,17H,15H2,1-3H3. The molecule has 1 aromatic carbocycles. The molecule has 0 spiro atoms. The molecule has 20 heavy (non-hydrogen) atoms. The van der Waals surface area contributed by atoms with Crippen molar-refractivity contribution in [2.24, 2.45) is 0 Å². The van der Waals surface area contributed by atoms with E-state index in [0.29, 0.717) is 17.1 Å². The normalized spacial score (nSPS) is 11.3. The van der Waals surface area contributed by atoms with Gasteiger partial charge >= 0.3 is 0 Å². The molecule has 6 heteroatoms. The predicted octanol–water partition coefficient (Wildman–Crippen LogP) is 2.39. The second-order valence-corrected chi connectivity index (χ2v) is 6.45. The Kier molecular flexibility index (Phi) is 3.67. The second kappa shape index (κ2) is 5.13. The van der Waals surface area contributed by atoms with E-state index >= 15 is 0 Å². The van der Waals surface area contributed by atoms with Crippen LogP contribution in [0, 0.1) is 20.8 Å². The summed E-state index contributed by atoms with van der Waals surface area (Å²) in [6.07, 6.45) is 0. The number of nitrogen functional groups attached to an aromatic ring is 1. The van der Waals surface area contributed by atoms with Gasteiger partial charge in [0.15, 0.2) is 0 Å². The maximum Gasteiger partial charge on any atom is 0.262 e. The Balaban J connectivity index is 2.40. The lowest BCUT2D eigenvalue weighted by molar-refractivity contribution is 0.601. The number of hydrogen-bond acceptors (Lipinski definition) is 4. The summed E-state index contributed by atoms with van der Waals surface area (Å²) >= 11 is 0. The molecule has 0 bridgehead atoms. The van der Waals surface area contributed by atoms with Crippen LogP contribution in [0.25, 0.3) is 0 Å². The Labute approximate surface area is 118 Å². The minimum absolute atomic E-state index is 0.148. The molecule has 0 fully saturated rings. The van der Waals surface area contributed by atoms with E-state index < -0.39 is 10.0 Å². The van der Waals surface area contributed by atoms with E-state index in [4.69, 9.17) is 5.73 Å². The number of nitrogens with one attached hydrogen (secondary N) is 1. The second-order valence-electron chi connectivity index (χ2n) is 4.77. The van der Waals surface area contributed by atoms with Crippen molar-refractivity contribution < 1.29 is 8.42 Å². The van der Waals surface area contributed by atoms with Crippen LogP contribution < -0.4 is 10.5 Å². The first-order valence-corrected chi connectivity index (χ1v) is 7.60. The fourth-order valence-electron chi connectivity index (χ4n) is 1.93. The van der Waals surface area contributed by atoms with E-state index in [1.165, 1.54) is 6.07 Å². The van der Waals surface area contributed by atoms with Gasteiger partial charge in [-0.15, -0.1) is 0 Å². The van der Waals surface area contributed by atoms with Gasteiger partial charge in [0.2, 0.25) is 0 Å². The van der Waals surface area contributed by atoms with Crippen molar-refractivity contribution >= 4 is 21.4 Å². The molecule has 0 saturated carbocycles. The Morgan fingerprint density at radius 3 is 2.40 bits per heavy atom. The summed E-state index contributed by atoms with van der Waals surface area (Å²) in [5.41, 5.74) is 8.85. The predicted molar refractivity (Wildman–Crippen MR) is 80.1 cm³/mol. The van der Waals surface area contributed by atoms with Crippen molar-refractivity contribution in [2.45, 2.75) is 25.7 Å². The molecule has 5 nitrogen and oxygen atoms in total. The van der Waals surface area contributed by atoms with Crippen LogP contribution in [0.4, 0.5) is 11.4 Å². The van der Waals surface area contributed by atoms with Crippen LogP contribution in [0.15, 0.2) is 35.2 Å². The maximum atomic E-state index is 12.3. The molecule has 106 valence electrons. The van der Waals surface area contributed by atoms with Gasteiger partial charge in [-0.25, -0.2) is 8.42 Å². The van der Waals surface area contributed by atoms with Gasteiger partial charge in [0.1, 0.15) is 0 Å². The minimum atomic E-state index is -3.66. The summed E-state index contributed by atoms with van der Waals surface area (Å²) in [5, 5.41) is 0. The van der Waals surface area contributed by atoms with E-state index in [2.05, 4.69) is 9.71 Å². The number of benzene rings is 1. The smallest absolute Gasteiger partial charge is 0.262 e. The van der Waals surface area contributed by atoms with Crippen LogP contribution in [0.3, 0.4) is 0 Å². The first kappa shape index (κ1) is 14.3. The van der Waals surface area contributed by atoms with Gasteiger partial charge in [-0.3, -0.25) is 9.71 Å². The Morgan fingerprint density at radius 2 is 1.80 bits per heavy atom. The number of anilines is 2. The summed E-state index contributed by atoms with van der Waals surface area (Å²) in [4.78, 5) is 4.38. The van der Waals surface area contributed by atoms with Gasteiger partial charge in [0, 0.05) is 11.4 Å². The number of nitrogens with zero attached hydrogens (tertiary/aromatic N) is 1. The van der Waals surface area contributed by atoms with E-state index in [1.54, 1.807) is 38.1 Å². The van der Waals surface area contributed by atoms with Crippen LogP contribution in [-0.4, -0.2) is 13.4 Å². The number of pyridine rings is 1. The lowest BCUT2D eigenvalue weighted by Gasteiger charge is -2.11. The number of aryl methyl sites for hydroxylation is 3. The van der Waals surface area contributed by atoms with Crippen molar-refractivity contribution in [3.8, 4) is 0 Å². The molecule has 3 N–H and O–H groups in total. The average molecular weight is 291 g/mol. The number of nitrogens with two attached hydrogens (primary N) is 1. The SMILES string of the molecule is Cc1cc(N)cc(S(=O)(=O)Nc2ccc(C)nc2C)c1. The van der Waals surface area contributed by atoms with Crippen LogP contribution in [0.2, 0.25) is 0 Å². The first-order valence-electron chi connectivity index (χ1n) is 6.12. The summed E-state index contributed by atoms with van der Waals surface area (Å²) in [7, 11) is -3.66. The Morgan fingerprint density at radius 1 is 1.10 bits per heavy atom. The molecule has 1 aromatic heterocycles. The fraction of sp³-hybridized carbons (Fsp3) is 0.214. The third-order valence-corrected chi connectivity index (χ3v) is 4.20. The Hall–Kier alpha value is -2.08. The van der Waals surface area contributed by atoms with Crippen molar-refractivity contribution in [1.29, 1.82) is 0 Å². The highest BCUT2D eigenvalue weighted by molar-refractivity contribution is 7.92. The molecule has 2 rings (SSSR count). The molecule has 0 aliphatic heterocycles. The summed E-state index contributed by atoms with van der Waals surface area (Å²) < 4.78 is 27.2. The lowest BCUT2D eigenvalue weighted by Crippen LogP contribution is -2.14. The molecular weight excluding hydrogens is 274 g/mol. The largest absolute Gasteiger partial charge is 0.399 e. The van der Waals surface area contributed by atoms with E-state index in [1.807, 2.05) is 6.92 Å². The minimum Gasteiger partial charge on any atom is -0.399 e. The number of sulfonamides is 1. The van der Waals surface area contributed by atoms with Gasteiger partial charge in [-0.2, -0.15) is 0 Å². The van der Waals surface area contributed by atoms with Crippen LogP contribution in [0.5, 0.6) is 0 Å². The highest BCUT2D eigenvalue weighted by Crippen LogP contribution is 2.21. The van der Waals surface area contributed by atoms with E-state index in [9.17, 15) is 8.42 Å². The van der Waals surface area contributed by atoms with Gasteiger partial charge in [-0.05, 0) is 56.7 Å². The van der Waals surface area contributed by atoms with Gasteiger partial charge in [0.25, 0.3) is 10.0 Å². The summed E-state index contributed by atoms with van der Waals surface area (Å²) in [6.45, 7) is 5.41. The highest BCUT2D eigenvalue weighted by atomic mass is 32.2. The third-order valence-electron chi connectivity index (χ3n) is 2.85. The zero-order chi connectivity index (χ0) is 14.9. The fourth-order valence-corrected chi connectivity index (χ4v) is 3.19. The van der Waals surface area contributed by atoms with Crippen LogP contribution >= 0.6 is 0 Å². The lowest BCUT2D eigenvalue weighted by atomic mass is 10.2. The van der Waals surface area contributed by atoms with E-state index in [-0.39, 0.29) is 4.90 Å². The quantitative estimate of drug-likeness (QED) is 0.850. The Bertz CT molecular complexity index is 735. The van der Waals surface area contributed by atoms with Gasteiger partial charge in [0.05, 0.1) is 16.3 Å². The number of hydrogen-bond donors (Lipinski definition) is 2. The zero-order valence-corrected chi connectivity index (χ0v) is 12.5. The number of rotatable bonds is 3. The molecule has 0 aliphatic rings. The monoisotopic (exact) mass is 291 g/mol. The van der Waals surface area contributed by atoms with Crippen molar-refractivity contribution in [3.05, 3.63) is 47.3 Å². The molecule has 1 heterocycles. The van der Waals surface area contributed by atoms with Crippen LogP contribution in [-0.2, 0) is 10.0 Å². The molecular formula is C14H17N3O2S. The van der Waals surface area contributed by atoms with Gasteiger partial charge < -0.3 is 5.73 Å². The first-order chi connectivity index (χ1) is 9.28. The molecule has 0 atom stereocenters. The molecule has 0 saturated heterocycles. The number of aromatic nitrogens is 1. The maximum absolute atomic E-state index is 12.3.